The summed E-state index contributed by atoms with van der Waals surface area (Å²) in [5.74, 6) is -1.45. The Morgan fingerprint density at radius 3 is 2.43 bits per heavy atom. The summed E-state index contributed by atoms with van der Waals surface area (Å²) < 4.78 is 0. The molecule has 0 aromatic heterocycles. The number of nitrogens with one attached hydrogen (secondary N) is 2. The Hall–Kier alpha value is -2.75. The summed E-state index contributed by atoms with van der Waals surface area (Å²) in [4.78, 5) is 53.0. The van der Waals surface area contributed by atoms with Crippen LogP contribution in [0.3, 0.4) is 0 Å². The van der Waals surface area contributed by atoms with Gasteiger partial charge in [-0.25, -0.2) is 0 Å². The minimum absolute atomic E-state index is 0.0302. The molecule has 1 aliphatic rings. The van der Waals surface area contributed by atoms with E-state index < -0.39 is 23.8 Å². The number of amides is 4. The van der Waals surface area contributed by atoms with Gasteiger partial charge in [-0.2, -0.15) is 0 Å². The fourth-order valence-corrected chi connectivity index (χ4v) is 4.84. The van der Waals surface area contributed by atoms with E-state index in [-0.39, 0.29) is 29.8 Å². The first-order valence-electron chi connectivity index (χ1n) is 10.9. The predicted molar refractivity (Wildman–Crippen MR) is 141 cm³/mol. The third-order valence-electron chi connectivity index (χ3n) is 5.28. The molecule has 1 atom stereocenters. The molecule has 3 rings (SSSR count). The zero-order valence-corrected chi connectivity index (χ0v) is 21.9. The Labute approximate surface area is 218 Å². The number of rotatable bonds is 9. The van der Waals surface area contributed by atoms with Crippen LogP contribution >= 0.6 is 35.1 Å². The Morgan fingerprint density at radius 1 is 1.11 bits per heavy atom. The van der Waals surface area contributed by atoms with Crippen molar-refractivity contribution in [3.05, 3.63) is 69.6 Å². The lowest BCUT2D eigenvalue weighted by Gasteiger charge is -2.22. The van der Waals surface area contributed by atoms with Gasteiger partial charge in [0.05, 0.1) is 15.5 Å². The van der Waals surface area contributed by atoms with E-state index in [1.165, 1.54) is 0 Å². The fourth-order valence-electron chi connectivity index (χ4n) is 3.34. The third-order valence-corrected chi connectivity index (χ3v) is 7.26. The molecular weight excluding hydrogens is 506 g/mol. The summed E-state index contributed by atoms with van der Waals surface area (Å²) in [6.45, 7) is 3.72. The van der Waals surface area contributed by atoms with E-state index in [9.17, 15) is 19.2 Å². The van der Waals surface area contributed by atoms with Crippen LogP contribution in [0.4, 0.5) is 4.79 Å². The molecule has 1 heterocycles. The summed E-state index contributed by atoms with van der Waals surface area (Å²) in [6, 6.07) is 13.5. The number of nitrogens with zero attached hydrogens (tertiary/aromatic N) is 1. The minimum atomic E-state index is -0.808. The molecule has 2 N–H and O–H groups in total. The van der Waals surface area contributed by atoms with Gasteiger partial charge in [0.25, 0.3) is 17.1 Å². The van der Waals surface area contributed by atoms with Crippen LogP contribution in [-0.2, 0) is 9.59 Å². The van der Waals surface area contributed by atoms with Gasteiger partial charge in [-0.1, -0.05) is 49.7 Å². The van der Waals surface area contributed by atoms with Gasteiger partial charge in [0.1, 0.15) is 6.04 Å². The van der Waals surface area contributed by atoms with Crippen molar-refractivity contribution >= 4 is 64.2 Å². The molecule has 1 fully saturated rings. The van der Waals surface area contributed by atoms with Crippen molar-refractivity contribution in [1.29, 1.82) is 0 Å². The van der Waals surface area contributed by atoms with Crippen molar-refractivity contribution < 1.29 is 19.2 Å². The smallest absolute Gasteiger partial charge is 0.293 e. The molecule has 2 aromatic carbocycles. The molecule has 10 heteroatoms. The zero-order valence-electron chi connectivity index (χ0n) is 19.5. The van der Waals surface area contributed by atoms with Gasteiger partial charge in [-0.3, -0.25) is 24.1 Å². The van der Waals surface area contributed by atoms with Gasteiger partial charge in [0.2, 0.25) is 5.91 Å². The lowest BCUT2D eigenvalue weighted by molar-refractivity contribution is -0.125. The van der Waals surface area contributed by atoms with Crippen LogP contribution in [0.1, 0.15) is 29.8 Å². The highest BCUT2D eigenvalue weighted by atomic mass is 35.5. The molecule has 0 bridgehead atoms. The average Bonchev–Trinajstić information content (AvgIpc) is 3.10. The summed E-state index contributed by atoms with van der Waals surface area (Å²) in [5, 5.41) is 5.34. The Bertz CT molecular complexity index is 1150. The molecule has 0 saturated carbocycles. The van der Waals surface area contributed by atoms with Gasteiger partial charge in [-0.15, -0.1) is 11.8 Å². The largest absolute Gasteiger partial charge is 0.353 e. The van der Waals surface area contributed by atoms with Crippen LogP contribution in [0.5, 0.6) is 0 Å². The van der Waals surface area contributed by atoms with Crippen LogP contribution in [-0.4, -0.2) is 53.2 Å². The number of imide groups is 1. The van der Waals surface area contributed by atoms with Crippen LogP contribution in [0.25, 0.3) is 6.08 Å². The number of hydrogen-bond donors (Lipinski definition) is 2. The quantitative estimate of drug-likeness (QED) is 0.360. The third kappa shape index (κ3) is 6.90. The summed E-state index contributed by atoms with van der Waals surface area (Å²) >= 11 is 8.58. The van der Waals surface area contributed by atoms with Crippen molar-refractivity contribution in [2.45, 2.75) is 24.8 Å². The lowest BCUT2D eigenvalue weighted by Crippen LogP contribution is -2.51. The molecule has 1 aliphatic heterocycles. The van der Waals surface area contributed by atoms with Crippen LogP contribution in [0.15, 0.2) is 58.3 Å². The average molecular weight is 532 g/mol. The second-order valence-corrected chi connectivity index (χ2v) is 10.4. The second-order valence-electron chi connectivity index (χ2n) is 8.07. The van der Waals surface area contributed by atoms with E-state index in [0.717, 1.165) is 27.1 Å². The maximum Gasteiger partial charge on any atom is 0.293 e. The monoisotopic (exact) mass is 531 g/mol. The highest BCUT2D eigenvalue weighted by molar-refractivity contribution is 8.18. The molecule has 0 spiro atoms. The fraction of sp³-hybridized carbons (Fsp3) is 0.280. The second kappa shape index (κ2) is 12.3. The number of thioether (sulfide) groups is 2. The van der Waals surface area contributed by atoms with E-state index in [1.807, 2.05) is 44.4 Å². The number of carbonyl (C=O) groups is 4. The molecule has 184 valence electrons. The first-order valence-corrected chi connectivity index (χ1v) is 13.4. The van der Waals surface area contributed by atoms with Gasteiger partial charge in [0, 0.05) is 18.0 Å². The minimum Gasteiger partial charge on any atom is -0.353 e. The SMILES string of the molecule is CSc1ccc(C=C2SC(=O)N(CCNC(=O)[C@@H](NC(=O)c3ccccc3Cl)C(C)C)C2=O)cc1. The predicted octanol–water partition coefficient (Wildman–Crippen LogP) is 4.67. The van der Waals surface area contributed by atoms with Crippen LogP contribution in [0.2, 0.25) is 5.02 Å². The highest BCUT2D eigenvalue weighted by Gasteiger charge is 2.35. The topological polar surface area (TPSA) is 95.6 Å². The maximum absolute atomic E-state index is 12.8. The van der Waals surface area contributed by atoms with Crippen LogP contribution < -0.4 is 10.6 Å². The van der Waals surface area contributed by atoms with Crippen molar-refractivity contribution in [2.24, 2.45) is 5.92 Å². The molecule has 0 unspecified atom stereocenters. The van der Waals surface area contributed by atoms with Gasteiger partial charge >= 0.3 is 0 Å². The van der Waals surface area contributed by atoms with Crippen molar-refractivity contribution in [3.8, 4) is 0 Å². The van der Waals surface area contributed by atoms with Gasteiger partial charge < -0.3 is 10.6 Å². The normalized spacial score (nSPS) is 15.6. The number of carbonyl (C=O) groups excluding carboxylic acids is 4. The highest BCUT2D eigenvalue weighted by Crippen LogP contribution is 2.32. The standard InChI is InChI=1S/C25H26ClN3O4S2/c1-15(2)21(28-22(30)18-6-4-5-7-19(18)26)23(31)27-12-13-29-24(32)20(35-25(29)33)14-16-8-10-17(34-3)11-9-16/h4-11,14-15,21H,12-13H2,1-3H3,(H,27,31)(H,28,30)/t21-/m0/s1. The van der Waals surface area contributed by atoms with Crippen molar-refractivity contribution in [2.75, 3.05) is 19.3 Å². The Balaban J connectivity index is 1.57. The molecule has 4 amide bonds. The zero-order chi connectivity index (χ0) is 25.5. The first kappa shape index (κ1) is 26.8. The van der Waals surface area contributed by atoms with Crippen LogP contribution in [0, 0.1) is 5.92 Å². The molecular formula is C25H26ClN3O4S2. The molecule has 1 saturated heterocycles. The Kier molecular flexibility index (Phi) is 9.42. The van der Waals surface area contributed by atoms with E-state index in [4.69, 9.17) is 11.6 Å². The van der Waals surface area contributed by atoms with Gasteiger partial charge in [0.15, 0.2) is 0 Å². The molecule has 0 aliphatic carbocycles. The number of halogens is 1. The van der Waals surface area contributed by atoms with Crippen molar-refractivity contribution in [1.82, 2.24) is 15.5 Å². The van der Waals surface area contributed by atoms with E-state index in [1.54, 1.807) is 42.1 Å². The summed E-state index contributed by atoms with van der Waals surface area (Å²) in [7, 11) is 0. The molecule has 2 aromatic rings. The lowest BCUT2D eigenvalue weighted by atomic mass is 10.0. The van der Waals surface area contributed by atoms with Gasteiger partial charge in [-0.05, 0) is 59.8 Å². The maximum atomic E-state index is 12.8. The van der Waals surface area contributed by atoms with E-state index >= 15 is 0 Å². The van der Waals surface area contributed by atoms with Crippen molar-refractivity contribution in [3.63, 3.8) is 0 Å². The first-order chi connectivity index (χ1) is 16.7. The molecule has 7 nitrogen and oxygen atoms in total. The number of hydrogen-bond acceptors (Lipinski definition) is 6. The Morgan fingerprint density at radius 2 is 1.80 bits per heavy atom. The van der Waals surface area contributed by atoms with E-state index in [2.05, 4.69) is 10.6 Å². The number of benzene rings is 2. The summed E-state index contributed by atoms with van der Waals surface area (Å²) in [6.07, 6.45) is 3.67. The molecule has 35 heavy (non-hydrogen) atoms. The summed E-state index contributed by atoms with van der Waals surface area (Å²) in [5.41, 5.74) is 1.11. The molecule has 0 radical (unpaired) electrons. The van der Waals surface area contributed by atoms with E-state index in [0.29, 0.717) is 9.93 Å².